The van der Waals surface area contributed by atoms with Gasteiger partial charge in [-0.2, -0.15) is 0 Å². The van der Waals surface area contributed by atoms with Gasteiger partial charge in [0.2, 0.25) is 0 Å². The van der Waals surface area contributed by atoms with Gasteiger partial charge >= 0.3 is 17.9 Å². The van der Waals surface area contributed by atoms with Crippen molar-refractivity contribution < 1.29 is 28.6 Å². The maximum Gasteiger partial charge on any atom is 0.306 e. The Kier molecular flexibility index (Phi) is 51.7. The van der Waals surface area contributed by atoms with Crippen molar-refractivity contribution >= 4 is 17.9 Å². The van der Waals surface area contributed by atoms with E-state index in [9.17, 15) is 14.4 Å². The quantitative estimate of drug-likeness (QED) is 0.0262. The van der Waals surface area contributed by atoms with E-state index < -0.39 is 6.10 Å². The van der Waals surface area contributed by atoms with Gasteiger partial charge in [-0.3, -0.25) is 14.4 Å². The normalized spacial score (nSPS) is 12.1. The third-order valence-electron chi connectivity index (χ3n) is 12.7. The van der Waals surface area contributed by atoms with E-state index in [1.165, 1.54) is 180 Å². The molecule has 1 unspecified atom stereocenters. The summed E-state index contributed by atoms with van der Waals surface area (Å²) in [5, 5.41) is 0. The number of unbranched alkanes of at least 4 members (excludes halogenated alkanes) is 37. The Morgan fingerprint density at radius 2 is 0.578 bits per heavy atom. The van der Waals surface area contributed by atoms with Crippen molar-refractivity contribution in [3.8, 4) is 0 Å². The Balaban J connectivity index is 3.96. The molecule has 0 saturated heterocycles. The first-order valence-corrected chi connectivity index (χ1v) is 28.3. The number of ether oxygens (including phenoxy) is 3. The Hall–Kier alpha value is -2.11. The smallest absolute Gasteiger partial charge is 0.306 e. The SMILES string of the molecule is CCCC/C=C\C/C=C\CCCCCCCC(=O)OC(COC(=O)CCCCCCC)COC(=O)CCCCCCCCCCCCCCCCCCCCCCCCCCCCC. The van der Waals surface area contributed by atoms with E-state index in [1.807, 2.05) is 0 Å². The third kappa shape index (κ3) is 50.9. The average molecular weight is 901 g/mol. The van der Waals surface area contributed by atoms with E-state index in [0.717, 1.165) is 89.9 Å². The molecule has 0 radical (unpaired) electrons. The van der Waals surface area contributed by atoms with Gasteiger partial charge in [0.05, 0.1) is 0 Å². The van der Waals surface area contributed by atoms with Gasteiger partial charge in [0.15, 0.2) is 6.10 Å². The van der Waals surface area contributed by atoms with Crippen LogP contribution in [0.15, 0.2) is 24.3 Å². The van der Waals surface area contributed by atoms with E-state index in [0.29, 0.717) is 19.3 Å². The Morgan fingerprint density at radius 3 is 0.906 bits per heavy atom. The predicted octanol–water partition coefficient (Wildman–Crippen LogP) is 18.7. The fraction of sp³-hybridized carbons (Fsp3) is 0.879. The van der Waals surface area contributed by atoms with Crippen molar-refractivity contribution in [2.75, 3.05) is 13.2 Å². The number of allylic oxidation sites excluding steroid dienone is 4. The highest BCUT2D eigenvalue weighted by Gasteiger charge is 2.19. The number of hydrogen-bond donors (Lipinski definition) is 0. The molecule has 0 heterocycles. The second kappa shape index (κ2) is 53.5. The van der Waals surface area contributed by atoms with Crippen LogP contribution in [0.25, 0.3) is 0 Å². The fourth-order valence-corrected chi connectivity index (χ4v) is 8.40. The highest BCUT2D eigenvalue weighted by Crippen LogP contribution is 2.17. The lowest BCUT2D eigenvalue weighted by Crippen LogP contribution is -2.30. The average Bonchev–Trinajstić information content (AvgIpc) is 3.29. The van der Waals surface area contributed by atoms with Crippen LogP contribution >= 0.6 is 0 Å². The summed E-state index contributed by atoms with van der Waals surface area (Å²) in [6.07, 6.45) is 62.3. The molecule has 0 rings (SSSR count). The van der Waals surface area contributed by atoms with E-state index in [1.54, 1.807) is 0 Å². The molecular weight excluding hydrogens is 793 g/mol. The van der Waals surface area contributed by atoms with Gasteiger partial charge in [-0.25, -0.2) is 0 Å². The van der Waals surface area contributed by atoms with Gasteiger partial charge in [0, 0.05) is 19.3 Å². The van der Waals surface area contributed by atoms with Crippen molar-refractivity contribution in [2.24, 2.45) is 0 Å². The van der Waals surface area contributed by atoms with Crippen LogP contribution < -0.4 is 0 Å². The van der Waals surface area contributed by atoms with Gasteiger partial charge in [0.1, 0.15) is 13.2 Å². The lowest BCUT2D eigenvalue weighted by molar-refractivity contribution is -0.167. The Morgan fingerprint density at radius 1 is 0.312 bits per heavy atom. The molecule has 0 N–H and O–H groups in total. The molecule has 0 saturated carbocycles. The minimum absolute atomic E-state index is 0.0735. The van der Waals surface area contributed by atoms with Crippen LogP contribution in [0.5, 0.6) is 0 Å². The molecule has 0 fully saturated rings. The van der Waals surface area contributed by atoms with Gasteiger partial charge in [-0.05, 0) is 44.9 Å². The van der Waals surface area contributed by atoms with Gasteiger partial charge in [-0.1, -0.05) is 270 Å². The Labute approximate surface area is 398 Å². The maximum atomic E-state index is 12.7. The Bertz CT molecular complexity index is 1040. The minimum atomic E-state index is -0.771. The molecule has 64 heavy (non-hydrogen) atoms. The van der Waals surface area contributed by atoms with Crippen LogP contribution in [0.3, 0.4) is 0 Å². The van der Waals surface area contributed by atoms with Crippen molar-refractivity contribution in [1.29, 1.82) is 0 Å². The third-order valence-corrected chi connectivity index (χ3v) is 12.7. The molecule has 6 nitrogen and oxygen atoms in total. The second-order valence-corrected chi connectivity index (χ2v) is 19.2. The monoisotopic (exact) mass is 901 g/mol. The van der Waals surface area contributed by atoms with Crippen molar-refractivity contribution in [3.05, 3.63) is 24.3 Å². The highest BCUT2D eigenvalue weighted by molar-refractivity contribution is 5.71. The maximum absolute atomic E-state index is 12.7. The molecule has 0 aromatic rings. The molecule has 0 bridgehead atoms. The molecule has 0 amide bonds. The second-order valence-electron chi connectivity index (χ2n) is 19.2. The minimum Gasteiger partial charge on any atom is -0.462 e. The molecule has 0 spiro atoms. The summed E-state index contributed by atoms with van der Waals surface area (Å²) in [6, 6.07) is 0. The first-order chi connectivity index (χ1) is 31.5. The molecular formula is C58H108O6. The van der Waals surface area contributed by atoms with Crippen molar-refractivity contribution in [1.82, 2.24) is 0 Å². The summed E-state index contributed by atoms with van der Waals surface area (Å²) in [5.74, 6) is -0.888. The first kappa shape index (κ1) is 61.9. The zero-order valence-electron chi connectivity index (χ0n) is 43.1. The number of hydrogen-bond acceptors (Lipinski definition) is 6. The van der Waals surface area contributed by atoms with Crippen LogP contribution in [0, 0.1) is 0 Å². The van der Waals surface area contributed by atoms with Crippen LogP contribution in [-0.2, 0) is 28.6 Å². The van der Waals surface area contributed by atoms with E-state index >= 15 is 0 Å². The molecule has 6 heteroatoms. The lowest BCUT2D eigenvalue weighted by atomic mass is 10.0. The molecule has 0 aromatic carbocycles. The van der Waals surface area contributed by atoms with Crippen LogP contribution in [0.1, 0.15) is 310 Å². The molecule has 0 aliphatic heterocycles. The van der Waals surface area contributed by atoms with Gasteiger partial charge < -0.3 is 14.2 Å². The van der Waals surface area contributed by atoms with E-state index in [2.05, 4.69) is 45.1 Å². The molecule has 0 aliphatic rings. The summed E-state index contributed by atoms with van der Waals surface area (Å²) in [6.45, 7) is 6.54. The number of carbonyl (C=O) groups excluding carboxylic acids is 3. The van der Waals surface area contributed by atoms with Crippen molar-refractivity contribution in [3.63, 3.8) is 0 Å². The van der Waals surface area contributed by atoms with Crippen LogP contribution in [-0.4, -0.2) is 37.2 Å². The summed E-state index contributed by atoms with van der Waals surface area (Å²) in [4.78, 5) is 37.7. The summed E-state index contributed by atoms with van der Waals surface area (Å²) in [7, 11) is 0. The number of rotatable bonds is 52. The standard InChI is InChI=1S/C58H108O6/c1-4-7-10-13-15-17-19-21-23-24-25-26-27-28-29-30-31-32-33-34-35-37-38-40-42-45-48-51-57(60)63-54-55(53-62-56(59)50-47-44-12-9-6-3)64-58(61)52-49-46-43-41-39-36-22-20-18-16-14-11-8-5-2/h14,16,20,22,55H,4-13,15,17-19,21,23-54H2,1-3H3/b16-14-,22-20-. The predicted molar refractivity (Wildman–Crippen MR) is 275 cm³/mol. The number of carbonyl (C=O) groups is 3. The first-order valence-electron chi connectivity index (χ1n) is 28.3. The van der Waals surface area contributed by atoms with Crippen LogP contribution in [0.4, 0.5) is 0 Å². The van der Waals surface area contributed by atoms with E-state index in [4.69, 9.17) is 14.2 Å². The number of esters is 3. The summed E-state index contributed by atoms with van der Waals surface area (Å²) in [5.41, 5.74) is 0. The fourth-order valence-electron chi connectivity index (χ4n) is 8.40. The lowest BCUT2D eigenvalue weighted by Gasteiger charge is -2.18. The summed E-state index contributed by atoms with van der Waals surface area (Å²) < 4.78 is 16.7. The molecule has 0 aromatic heterocycles. The summed E-state index contributed by atoms with van der Waals surface area (Å²) >= 11 is 0. The molecule has 0 aliphatic carbocycles. The van der Waals surface area contributed by atoms with Crippen LogP contribution in [0.2, 0.25) is 0 Å². The zero-order valence-corrected chi connectivity index (χ0v) is 43.1. The molecule has 376 valence electrons. The van der Waals surface area contributed by atoms with E-state index in [-0.39, 0.29) is 31.1 Å². The highest BCUT2D eigenvalue weighted by atomic mass is 16.6. The van der Waals surface area contributed by atoms with Gasteiger partial charge in [-0.15, -0.1) is 0 Å². The topological polar surface area (TPSA) is 78.9 Å². The largest absolute Gasteiger partial charge is 0.462 e. The van der Waals surface area contributed by atoms with Crippen molar-refractivity contribution in [2.45, 2.75) is 316 Å². The zero-order chi connectivity index (χ0) is 46.5. The molecule has 1 atom stereocenters. The van der Waals surface area contributed by atoms with Gasteiger partial charge in [0.25, 0.3) is 0 Å².